The zero-order chi connectivity index (χ0) is 26.3. The molecule has 0 saturated carbocycles. The van der Waals surface area contributed by atoms with Crippen molar-refractivity contribution in [2.75, 3.05) is 25.0 Å². The van der Waals surface area contributed by atoms with E-state index < -0.39 is 11.6 Å². The molecule has 1 N–H and O–H groups in total. The Morgan fingerprint density at radius 3 is 2.76 bits per heavy atom. The average Bonchev–Trinajstić information content (AvgIpc) is 3.46. The Bertz CT molecular complexity index is 1280. The molecule has 0 spiro atoms. The van der Waals surface area contributed by atoms with Crippen LogP contribution in [0.25, 0.3) is 5.65 Å². The van der Waals surface area contributed by atoms with Gasteiger partial charge < -0.3 is 24.8 Å². The van der Waals surface area contributed by atoms with Gasteiger partial charge in [-0.2, -0.15) is 0 Å². The molecule has 198 valence electrons. The topological polar surface area (TPSA) is 100 Å². The number of hydrogen-bond acceptors (Lipinski definition) is 7. The van der Waals surface area contributed by atoms with Crippen molar-refractivity contribution in [3.8, 4) is 0 Å². The summed E-state index contributed by atoms with van der Waals surface area (Å²) < 4.78 is 2.03. The fourth-order valence-electron chi connectivity index (χ4n) is 6.21. The molecule has 0 unspecified atom stereocenters. The first kappa shape index (κ1) is 25.5. The Morgan fingerprint density at radius 2 is 2.03 bits per heavy atom. The van der Waals surface area contributed by atoms with Crippen LogP contribution in [-0.2, 0) is 19.6 Å². The zero-order valence-corrected chi connectivity index (χ0v) is 22.2. The molecule has 1 saturated heterocycles. The molecule has 37 heavy (non-hydrogen) atoms. The maximum Gasteiger partial charge on any atom is 0.138 e. The minimum atomic E-state index is -1.14. The summed E-state index contributed by atoms with van der Waals surface area (Å²) in [7, 11) is 2.10. The fraction of sp³-hybridized carbons (Fsp3) is 0.536. The van der Waals surface area contributed by atoms with Crippen molar-refractivity contribution in [2.24, 2.45) is 0 Å². The molecule has 4 heterocycles. The van der Waals surface area contributed by atoms with E-state index in [1.807, 2.05) is 55.6 Å². The number of aliphatic hydroxyl groups is 1. The van der Waals surface area contributed by atoms with Crippen molar-refractivity contribution in [1.82, 2.24) is 24.2 Å². The van der Waals surface area contributed by atoms with Gasteiger partial charge in [-0.3, -0.25) is 14.3 Å². The van der Waals surface area contributed by atoms with E-state index in [1.54, 1.807) is 0 Å². The van der Waals surface area contributed by atoms with Crippen molar-refractivity contribution in [3.05, 3.63) is 59.2 Å². The van der Waals surface area contributed by atoms with E-state index in [1.165, 1.54) is 10.5 Å². The Balaban J connectivity index is 1.43. The number of carbonyl (C=O) groups is 1. The van der Waals surface area contributed by atoms with E-state index in [2.05, 4.69) is 22.9 Å². The number of hydrogen-bond donors (Lipinski definition) is 1. The Labute approximate surface area is 218 Å². The number of rotatable bonds is 6. The summed E-state index contributed by atoms with van der Waals surface area (Å²) in [5.41, 5.74) is 4.32. The Morgan fingerprint density at radius 1 is 1.22 bits per heavy atom. The van der Waals surface area contributed by atoms with Gasteiger partial charge in [0.25, 0.3) is 0 Å². The summed E-state index contributed by atoms with van der Waals surface area (Å²) in [4.78, 5) is 27.5. The van der Waals surface area contributed by atoms with Crippen molar-refractivity contribution < 1.29 is 15.0 Å². The highest BCUT2D eigenvalue weighted by molar-refractivity contribution is 5.65. The number of aliphatic hydroxyl groups excluding tert-OH is 1. The normalized spacial score (nSPS) is 20.0. The minimum absolute atomic E-state index is 0.134. The van der Waals surface area contributed by atoms with E-state index in [4.69, 9.17) is 9.97 Å². The minimum Gasteiger partial charge on any atom is -0.530 e. The van der Waals surface area contributed by atoms with Crippen molar-refractivity contribution in [2.45, 2.75) is 77.2 Å². The molecule has 1 fully saturated rings. The van der Waals surface area contributed by atoms with Gasteiger partial charge >= 0.3 is 0 Å². The smallest absolute Gasteiger partial charge is 0.138 e. The van der Waals surface area contributed by atoms with Gasteiger partial charge in [-0.05, 0) is 77.3 Å². The highest BCUT2D eigenvalue weighted by Gasteiger charge is 2.35. The van der Waals surface area contributed by atoms with Gasteiger partial charge in [-0.1, -0.05) is 12.1 Å². The maximum absolute atomic E-state index is 11.9. The predicted molar refractivity (Wildman–Crippen MR) is 140 cm³/mol. The lowest BCUT2D eigenvalue weighted by atomic mass is 9.91. The molecule has 0 radical (unpaired) electrons. The van der Waals surface area contributed by atoms with Crippen LogP contribution in [0.5, 0.6) is 0 Å². The van der Waals surface area contributed by atoms with Crippen molar-refractivity contribution in [3.63, 3.8) is 0 Å². The number of nitrogens with zero attached hydrogens (tertiary/aromatic N) is 6. The van der Waals surface area contributed by atoms with E-state index in [9.17, 15) is 15.0 Å². The summed E-state index contributed by atoms with van der Waals surface area (Å²) in [6.45, 7) is 7.44. The van der Waals surface area contributed by atoms with Gasteiger partial charge in [-0.25, -0.2) is 4.98 Å². The molecular weight excluding hydrogens is 468 g/mol. The number of pyridine rings is 2. The largest absolute Gasteiger partial charge is 0.530 e. The lowest BCUT2D eigenvalue weighted by molar-refractivity contribution is -0.273. The lowest BCUT2D eigenvalue weighted by Gasteiger charge is -2.42. The predicted octanol–water partition coefficient (Wildman–Crippen LogP) is 2.75. The van der Waals surface area contributed by atoms with Crippen LogP contribution in [0.2, 0.25) is 0 Å². The molecule has 9 nitrogen and oxygen atoms in total. The first-order chi connectivity index (χ1) is 17.7. The Hall–Kier alpha value is -3.17. The number of fused-ring (bicyclic) bond motifs is 2. The number of carbonyl (C=O) groups excluding carboxylic acids is 1. The summed E-state index contributed by atoms with van der Waals surface area (Å²) >= 11 is 0. The molecule has 3 aromatic rings. The number of amides is 1. The van der Waals surface area contributed by atoms with Gasteiger partial charge in [0.1, 0.15) is 17.6 Å². The number of imidazole rings is 1. The quantitative estimate of drug-likeness (QED) is 0.550. The standard InChI is InChI=1S/C28H38N6O3/c1-28(2,3)34(27(36)37)20-13-15-32(16-20)25-12-6-11-24-30-21(23(18-35)33(24)25)17-31(4)22-10-5-8-19-9-7-14-29-26(19)22/h6-7,9,11-12,14,20,22,35H,5,8,10,13,15-18H2,1-4H3,(H,36,37)/p-1/t20-,22+/m1/s1. The van der Waals surface area contributed by atoms with E-state index in [0.717, 1.165) is 47.8 Å². The van der Waals surface area contributed by atoms with Crippen LogP contribution in [0.3, 0.4) is 0 Å². The molecule has 0 bridgehead atoms. The second kappa shape index (κ2) is 9.95. The third-order valence-corrected chi connectivity index (χ3v) is 7.82. The number of aromatic nitrogens is 3. The molecule has 5 rings (SSSR count). The van der Waals surface area contributed by atoms with Gasteiger partial charge in [0.15, 0.2) is 0 Å². The molecule has 1 aliphatic carbocycles. The van der Waals surface area contributed by atoms with Crippen molar-refractivity contribution in [1.29, 1.82) is 0 Å². The van der Waals surface area contributed by atoms with Crippen molar-refractivity contribution >= 4 is 17.6 Å². The first-order valence-electron chi connectivity index (χ1n) is 13.2. The number of aryl methyl sites for hydroxylation is 1. The summed E-state index contributed by atoms with van der Waals surface area (Å²) in [6, 6.07) is 10.2. The third-order valence-electron chi connectivity index (χ3n) is 7.82. The second-order valence-corrected chi connectivity index (χ2v) is 11.3. The molecule has 1 aliphatic heterocycles. The Kier molecular flexibility index (Phi) is 6.85. The van der Waals surface area contributed by atoms with Crippen LogP contribution in [0.1, 0.15) is 68.7 Å². The maximum atomic E-state index is 11.9. The molecule has 2 atom stereocenters. The summed E-state index contributed by atoms with van der Waals surface area (Å²) in [5.74, 6) is 0.919. The highest BCUT2D eigenvalue weighted by Crippen LogP contribution is 2.34. The summed E-state index contributed by atoms with van der Waals surface area (Å²) in [6.07, 6.45) is 4.68. The number of carboxylic acid groups (broad SMARTS) is 1. The molecular formula is C28H37N6O3-. The second-order valence-electron chi connectivity index (χ2n) is 11.3. The molecule has 0 aromatic carbocycles. The first-order valence-corrected chi connectivity index (χ1v) is 13.2. The van der Waals surface area contributed by atoms with Crippen LogP contribution in [0, 0.1) is 0 Å². The highest BCUT2D eigenvalue weighted by atomic mass is 16.4. The van der Waals surface area contributed by atoms with E-state index >= 15 is 0 Å². The number of anilines is 1. The van der Waals surface area contributed by atoms with Crippen LogP contribution >= 0.6 is 0 Å². The van der Waals surface area contributed by atoms with Crippen LogP contribution in [0.4, 0.5) is 10.6 Å². The van der Waals surface area contributed by atoms with Gasteiger partial charge in [-0.15, -0.1) is 0 Å². The summed E-state index contributed by atoms with van der Waals surface area (Å²) in [5, 5.41) is 22.4. The van der Waals surface area contributed by atoms with E-state index in [0.29, 0.717) is 26.1 Å². The van der Waals surface area contributed by atoms with Crippen LogP contribution < -0.4 is 10.0 Å². The van der Waals surface area contributed by atoms with E-state index in [-0.39, 0.29) is 18.7 Å². The molecule has 1 amide bonds. The average molecular weight is 506 g/mol. The molecule has 2 aliphatic rings. The fourth-order valence-corrected chi connectivity index (χ4v) is 6.21. The van der Waals surface area contributed by atoms with Crippen LogP contribution in [-0.4, -0.2) is 67.1 Å². The third kappa shape index (κ3) is 4.78. The molecule has 3 aromatic heterocycles. The zero-order valence-electron chi connectivity index (χ0n) is 22.2. The monoisotopic (exact) mass is 505 g/mol. The molecule has 9 heteroatoms. The van der Waals surface area contributed by atoms with Gasteiger partial charge in [0, 0.05) is 37.4 Å². The van der Waals surface area contributed by atoms with Crippen LogP contribution in [0.15, 0.2) is 36.5 Å². The SMILES string of the molecule is CN(Cc1nc2cccc(N3CC[C@@H](N(C(=O)[O-])C(C)(C)C)C3)n2c1CO)[C@H]1CCCc2cccnc21. The lowest BCUT2D eigenvalue weighted by Crippen LogP contribution is -2.57. The van der Waals surface area contributed by atoms with Gasteiger partial charge in [0.05, 0.1) is 29.7 Å². The van der Waals surface area contributed by atoms with Gasteiger partial charge in [0.2, 0.25) is 0 Å².